The predicted octanol–water partition coefficient (Wildman–Crippen LogP) is -0.0830. The van der Waals surface area contributed by atoms with Crippen LogP contribution in [-0.4, -0.2) is 9.97 Å². The number of nitrogens with two attached hydrogens (primary N) is 1. The number of nitrogens with zero attached hydrogens (tertiary/aromatic N) is 4. The maximum absolute atomic E-state index is 14.0. The molecule has 0 aliphatic rings. The van der Waals surface area contributed by atoms with Gasteiger partial charge in [0.15, 0.2) is 0 Å². The van der Waals surface area contributed by atoms with Crippen LogP contribution < -0.4 is 57.1 Å². The summed E-state index contributed by atoms with van der Waals surface area (Å²) < 4.78 is 14.0. The normalized spacial score (nSPS) is 9.04. The van der Waals surface area contributed by atoms with Crippen LogP contribution in [0.2, 0.25) is 5.15 Å². The van der Waals surface area contributed by atoms with Gasteiger partial charge in [-0.1, -0.05) is 23.7 Å². The van der Waals surface area contributed by atoms with Gasteiger partial charge < -0.3 is 17.6 Å². The van der Waals surface area contributed by atoms with Gasteiger partial charge in [-0.15, -0.1) is 0 Å². The van der Waals surface area contributed by atoms with Crippen molar-refractivity contribution in [1.29, 1.82) is 10.5 Å². The molecule has 1 heterocycles. The smallest absolute Gasteiger partial charge is 0.512 e. The van der Waals surface area contributed by atoms with E-state index in [1.807, 2.05) is 6.07 Å². The molecule has 0 saturated carbocycles. The van der Waals surface area contributed by atoms with Crippen molar-refractivity contribution in [2.75, 3.05) is 5.73 Å². The Hall–Kier alpha value is -1.06. The standard InChI is InChI=1S/C14H12ClFN4.CN.K/c1-8-11(13(15)20-14(18)19-8)7-10-3-2-9(4-5-17)6-12(10)16;1-2;/h2-3,6H,4,7H2,1H3,(H2,18,19,20);;/q;-1;+1. The molecule has 0 aliphatic heterocycles. The van der Waals surface area contributed by atoms with E-state index in [2.05, 4.69) is 9.97 Å². The third-order valence-electron chi connectivity index (χ3n) is 2.95. The third-order valence-corrected chi connectivity index (χ3v) is 3.26. The molecular formula is C15H12ClFKN5. The number of anilines is 1. The Morgan fingerprint density at radius 1 is 1.35 bits per heavy atom. The molecule has 2 N–H and O–H groups in total. The Kier molecular flexibility index (Phi) is 10.2. The van der Waals surface area contributed by atoms with Gasteiger partial charge in [0.1, 0.15) is 11.0 Å². The SMILES string of the molecule is Cc1nc(N)nc(Cl)c1Cc1ccc(CC#N)cc1F.[C-]#N.[K+]. The molecule has 1 aromatic carbocycles. The largest absolute Gasteiger partial charge is 1.00 e. The first-order chi connectivity index (χ1) is 10.5. The number of halogens is 2. The van der Waals surface area contributed by atoms with Crippen molar-refractivity contribution >= 4 is 17.5 Å². The number of aromatic nitrogens is 2. The van der Waals surface area contributed by atoms with Crippen molar-refractivity contribution in [3.63, 3.8) is 0 Å². The molecule has 1 aromatic heterocycles. The first-order valence-electron chi connectivity index (χ1n) is 6.16. The van der Waals surface area contributed by atoms with Crippen molar-refractivity contribution in [2.45, 2.75) is 19.8 Å². The summed E-state index contributed by atoms with van der Waals surface area (Å²) in [6, 6.07) is 6.72. The second kappa shape index (κ2) is 10.7. The minimum absolute atomic E-state index is 0. The van der Waals surface area contributed by atoms with Crippen LogP contribution in [0.15, 0.2) is 18.2 Å². The second-order valence-corrected chi connectivity index (χ2v) is 4.73. The van der Waals surface area contributed by atoms with E-state index in [-0.39, 0.29) is 81.1 Å². The topological polar surface area (TPSA) is 99.4 Å². The molecule has 2 aromatic rings. The van der Waals surface area contributed by atoms with Gasteiger partial charge in [0.25, 0.3) is 0 Å². The molecule has 5 nitrogen and oxygen atoms in total. The predicted molar refractivity (Wildman–Crippen MR) is 79.7 cm³/mol. The molecular weight excluding hydrogens is 344 g/mol. The molecule has 0 aliphatic carbocycles. The Morgan fingerprint density at radius 2 is 2.00 bits per heavy atom. The van der Waals surface area contributed by atoms with Crippen molar-refractivity contribution < 1.29 is 55.8 Å². The van der Waals surface area contributed by atoms with Crippen molar-refractivity contribution in [2.24, 2.45) is 0 Å². The fourth-order valence-corrected chi connectivity index (χ4v) is 2.20. The fraction of sp³-hybridized carbons (Fsp3) is 0.200. The van der Waals surface area contributed by atoms with Crippen LogP contribution in [0, 0.1) is 35.9 Å². The maximum atomic E-state index is 14.0. The quantitative estimate of drug-likeness (QED) is 0.471. The van der Waals surface area contributed by atoms with Crippen LogP contribution in [0.5, 0.6) is 0 Å². The van der Waals surface area contributed by atoms with Crippen molar-refractivity contribution in [3.8, 4) is 6.07 Å². The van der Waals surface area contributed by atoms with E-state index >= 15 is 0 Å². The number of rotatable bonds is 3. The van der Waals surface area contributed by atoms with Crippen molar-refractivity contribution in [1.82, 2.24) is 9.97 Å². The minimum Gasteiger partial charge on any atom is -0.512 e. The Balaban J connectivity index is 0.00000155. The molecule has 0 unspecified atom stereocenters. The van der Waals surface area contributed by atoms with E-state index in [0.29, 0.717) is 22.4 Å². The van der Waals surface area contributed by atoms with E-state index in [4.69, 9.17) is 34.4 Å². The average Bonchev–Trinajstić information content (AvgIpc) is 2.47. The zero-order chi connectivity index (χ0) is 16.7. The third kappa shape index (κ3) is 6.15. The molecule has 0 fully saturated rings. The monoisotopic (exact) mass is 355 g/mol. The van der Waals surface area contributed by atoms with Gasteiger partial charge >= 0.3 is 51.4 Å². The van der Waals surface area contributed by atoms with Crippen LogP contribution in [-0.2, 0) is 12.8 Å². The summed E-state index contributed by atoms with van der Waals surface area (Å²) in [5.41, 5.74) is 7.89. The number of aryl methyl sites for hydroxylation is 1. The number of hydrogen-bond acceptors (Lipinski definition) is 5. The number of benzene rings is 1. The van der Waals surface area contributed by atoms with Gasteiger partial charge in [0, 0.05) is 17.7 Å². The Morgan fingerprint density at radius 3 is 2.52 bits per heavy atom. The van der Waals surface area contributed by atoms with E-state index in [1.54, 1.807) is 19.1 Å². The first-order valence-corrected chi connectivity index (χ1v) is 6.54. The van der Waals surface area contributed by atoms with Crippen molar-refractivity contribution in [3.05, 3.63) is 58.1 Å². The van der Waals surface area contributed by atoms with Crippen LogP contribution in [0.1, 0.15) is 22.4 Å². The van der Waals surface area contributed by atoms with Gasteiger partial charge in [0.2, 0.25) is 5.95 Å². The van der Waals surface area contributed by atoms with Crippen LogP contribution in [0.3, 0.4) is 0 Å². The van der Waals surface area contributed by atoms with E-state index < -0.39 is 0 Å². The summed E-state index contributed by atoms with van der Waals surface area (Å²) >= 11 is 6.02. The zero-order valence-corrected chi connectivity index (χ0v) is 16.6. The number of nitriles is 1. The molecule has 0 spiro atoms. The summed E-state index contributed by atoms with van der Waals surface area (Å²) in [6.45, 7) is 6.50. The molecule has 0 amide bonds. The summed E-state index contributed by atoms with van der Waals surface area (Å²) in [7, 11) is 0. The van der Waals surface area contributed by atoms with Gasteiger partial charge in [-0.05, 0) is 24.1 Å². The van der Waals surface area contributed by atoms with Crippen LogP contribution in [0.25, 0.3) is 0 Å². The summed E-state index contributed by atoms with van der Waals surface area (Å²) in [5, 5.41) is 15.1. The second-order valence-electron chi connectivity index (χ2n) is 4.37. The minimum atomic E-state index is -0.370. The van der Waals surface area contributed by atoms with E-state index in [0.717, 1.165) is 0 Å². The Labute approximate surface area is 181 Å². The average molecular weight is 356 g/mol. The summed E-state index contributed by atoms with van der Waals surface area (Å²) in [6.07, 6.45) is 0.464. The molecule has 8 heteroatoms. The van der Waals surface area contributed by atoms with Gasteiger partial charge in [0.05, 0.1) is 12.5 Å². The van der Waals surface area contributed by atoms with E-state index in [9.17, 15) is 4.39 Å². The van der Waals surface area contributed by atoms with Gasteiger partial charge in [-0.2, -0.15) is 5.26 Å². The first kappa shape index (κ1) is 21.9. The molecule has 2 rings (SSSR count). The fourth-order valence-electron chi connectivity index (χ4n) is 1.91. The summed E-state index contributed by atoms with van der Waals surface area (Å²) in [4.78, 5) is 7.90. The van der Waals surface area contributed by atoms with Gasteiger partial charge in [-0.3, -0.25) is 0 Å². The van der Waals surface area contributed by atoms with E-state index in [1.165, 1.54) is 6.07 Å². The molecule has 0 saturated heterocycles. The van der Waals surface area contributed by atoms with Crippen LogP contribution in [0.4, 0.5) is 10.3 Å². The van der Waals surface area contributed by atoms with Crippen LogP contribution >= 0.6 is 11.6 Å². The molecule has 0 bridgehead atoms. The number of hydrogen-bond donors (Lipinski definition) is 1. The summed E-state index contributed by atoms with van der Waals surface area (Å²) in [5.74, 6) is -0.272. The molecule has 23 heavy (non-hydrogen) atoms. The molecule has 0 radical (unpaired) electrons. The van der Waals surface area contributed by atoms with Gasteiger partial charge in [-0.25, -0.2) is 14.4 Å². The number of nitrogen functional groups attached to an aromatic ring is 1. The zero-order valence-electron chi connectivity index (χ0n) is 12.8. The molecule has 0 atom stereocenters. The maximum Gasteiger partial charge on any atom is 1.00 e. The Bertz CT molecular complexity index is 719. The molecule has 112 valence electrons.